The molecular formula is C21H17Cl2N3OS. The van der Waals surface area contributed by atoms with Crippen LogP contribution < -0.4 is 15.5 Å². The van der Waals surface area contributed by atoms with Crippen LogP contribution in [0.1, 0.15) is 11.1 Å². The number of thiocarbonyl (C=S) groups is 1. The van der Waals surface area contributed by atoms with Crippen molar-refractivity contribution in [3.63, 3.8) is 0 Å². The van der Waals surface area contributed by atoms with Crippen molar-refractivity contribution >= 4 is 52.4 Å². The van der Waals surface area contributed by atoms with Gasteiger partial charge in [-0.25, -0.2) is 0 Å². The Morgan fingerprint density at radius 1 is 1.00 bits per heavy atom. The number of para-hydroxylation sites is 1. The van der Waals surface area contributed by atoms with Crippen LogP contribution in [0.3, 0.4) is 0 Å². The maximum Gasteiger partial charge on any atom is 0.191 e. The lowest BCUT2D eigenvalue weighted by Crippen LogP contribution is -2.23. The van der Waals surface area contributed by atoms with Gasteiger partial charge in [0.05, 0.1) is 6.21 Å². The summed E-state index contributed by atoms with van der Waals surface area (Å²) in [4.78, 5) is 0. The highest BCUT2D eigenvalue weighted by molar-refractivity contribution is 7.80. The minimum Gasteiger partial charge on any atom is -0.489 e. The van der Waals surface area contributed by atoms with E-state index in [0.29, 0.717) is 21.8 Å². The zero-order chi connectivity index (χ0) is 19.8. The lowest BCUT2D eigenvalue weighted by molar-refractivity contribution is 0.306. The summed E-state index contributed by atoms with van der Waals surface area (Å²) in [5, 5.41) is 8.78. The zero-order valence-corrected chi connectivity index (χ0v) is 17.1. The third kappa shape index (κ3) is 6.23. The molecule has 7 heteroatoms. The average Bonchev–Trinajstić information content (AvgIpc) is 2.69. The molecule has 0 unspecified atom stereocenters. The number of nitrogens with one attached hydrogen (secondary N) is 2. The second kappa shape index (κ2) is 10.1. The third-order valence-corrected chi connectivity index (χ3v) is 4.48. The number of benzene rings is 3. The van der Waals surface area contributed by atoms with E-state index in [0.717, 1.165) is 22.6 Å². The standard InChI is InChI=1S/C21H17Cl2N3OS/c22-17-9-8-16(20(23)12-17)14-27-19-10-6-15(7-11-19)13-24-26-21(28)25-18-4-2-1-3-5-18/h1-13H,14H2,(H2,25,26,28)/b24-13+. The van der Waals surface area contributed by atoms with Gasteiger partial charge >= 0.3 is 0 Å². The number of hydrazone groups is 1. The van der Waals surface area contributed by atoms with E-state index >= 15 is 0 Å². The van der Waals surface area contributed by atoms with Crippen LogP contribution in [0.15, 0.2) is 77.9 Å². The predicted molar refractivity (Wildman–Crippen MR) is 121 cm³/mol. The number of hydrogen-bond donors (Lipinski definition) is 2. The number of ether oxygens (including phenoxy) is 1. The van der Waals surface area contributed by atoms with Crippen LogP contribution in [0.25, 0.3) is 0 Å². The molecule has 0 spiro atoms. The van der Waals surface area contributed by atoms with Crippen LogP contribution in [0.2, 0.25) is 10.0 Å². The van der Waals surface area contributed by atoms with Crippen LogP contribution in [0.4, 0.5) is 5.69 Å². The molecule has 0 aromatic heterocycles. The summed E-state index contributed by atoms with van der Waals surface area (Å²) in [7, 11) is 0. The first kappa shape index (κ1) is 20.1. The van der Waals surface area contributed by atoms with Gasteiger partial charge in [0, 0.05) is 21.3 Å². The molecule has 3 aromatic rings. The van der Waals surface area contributed by atoms with Gasteiger partial charge in [-0.15, -0.1) is 0 Å². The van der Waals surface area contributed by atoms with Gasteiger partial charge in [-0.3, -0.25) is 5.43 Å². The van der Waals surface area contributed by atoms with Crippen LogP contribution in [0, 0.1) is 0 Å². The Balaban J connectivity index is 1.48. The molecule has 0 aliphatic rings. The Labute approximate surface area is 179 Å². The fraction of sp³-hybridized carbons (Fsp3) is 0.0476. The average molecular weight is 430 g/mol. The van der Waals surface area contributed by atoms with E-state index in [4.69, 9.17) is 40.2 Å². The smallest absolute Gasteiger partial charge is 0.191 e. The molecule has 142 valence electrons. The van der Waals surface area contributed by atoms with Crippen molar-refractivity contribution in [3.05, 3.63) is 94.0 Å². The molecule has 2 N–H and O–H groups in total. The van der Waals surface area contributed by atoms with Crippen molar-refractivity contribution in [1.82, 2.24) is 5.43 Å². The Hall–Kier alpha value is -2.60. The minimum absolute atomic E-state index is 0.365. The summed E-state index contributed by atoms with van der Waals surface area (Å²) in [6.07, 6.45) is 1.68. The summed E-state index contributed by atoms with van der Waals surface area (Å²) in [5.74, 6) is 0.734. The molecule has 28 heavy (non-hydrogen) atoms. The quantitative estimate of drug-likeness (QED) is 0.291. The Bertz CT molecular complexity index is 963. The van der Waals surface area contributed by atoms with E-state index < -0.39 is 0 Å². The van der Waals surface area contributed by atoms with Crippen molar-refractivity contribution in [1.29, 1.82) is 0 Å². The molecule has 0 fully saturated rings. The molecule has 0 aliphatic carbocycles. The van der Waals surface area contributed by atoms with Gasteiger partial charge in [-0.1, -0.05) is 47.5 Å². The maximum absolute atomic E-state index is 6.15. The molecule has 0 atom stereocenters. The van der Waals surface area contributed by atoms with E-state index in [2.05, 4.69) is 15.8 Å². The van der Waals surface area contributed by atoms with E-state index in [1.165, 1.54) is 0 Å². The Morgan fingerprint density at radius 3 is 2.46 bits per heavy atom. The predicted octanol–water partition coefficient (Wildman–Crippen LogP) is 5.89. The van der Waals surface area contributed by atoms with Crippen molar-refractivity contribution in [3.8, 4) is 5.75 Å². The molecule has 0 saturated heterocycles. The monoisotopic (exact) mass is 429 g/mol. The fourth-order valence-corrected chi connectivity index (χ4v) is 2.93. The van der Waals surface area contributed by atoms with E-state index in [-0.39, 0.29) is 0 Å². The van der Waals surface area contributed by atoms with Gasteiger partial charge in [0.2, 0.25) is 0 Å². The first-order chi connectivity index (χ1) is 13.6. The largest absolute Gasteiger partial charge is 0.489 e. The minimum atomic E-state index is 0.365. The zero-order valence-electron chi connectivity index (χ0n) is 14.7. The SMILES string of the molecule is S=C(N/N=C/c1ccc(OCc2ccc(Cl)cc2Cl)cc1)Nc1ccccc1. The van der Waals surface area contributed by atoms with E-state index in [1.807, 2.05) is 60.7 Å². The highest BCUT2D eigenvalue weighted by Crippen LogP contribution is 2.22. The van der Waals surface area contributed by atoms with Crippen LogP contribution in [-0.4, -0.2) is 11.3 Å². The first-order valence-electron chi connectivity index (χ1n) is 8.42. The first-order valence-corrected chi connectivity index (χ1v) is 9.58. The number of anilines is 1. The normalized spacial score (nSPS) is 10.6. The van der Waals surface area contributed by atoms with E-state index in [1.54, 1.807) is 18.3 Å². The molecule has 0 heterocycles. The summed E-state index contributed by atoms with van der Waals surface area (Å²) in [6, 6.07) is 22.5. The molecule has 0 saturated carbocycles. The molecule has 3 aromatic carbocycles. The van der Waals surface area contributed by atoms with Gasteiger partial charge in [0.15, 0.2) is 5.11 Å². The second-order valence-corrected chi connectivity index (χ2v) is 7.04. The third-order valence-electron chi connectivity index (χ3n) is 3.70. The van der Waals surface area contributed by atoms with Crippen molar-refractivity contribution < 1.29 is 4.74 Å². The lowest BCUT2D eigenvalue weighted by atomic mass is 10.2. The molecule has 0 bridgehead atoms. The van der Waals surface area contributed by atoms with E-state index in [9.17, 15) is 0 Å². The molecule has 0 amide bonds. The van der Waals surface area contributed by atoms with Crippen LogP contribution in [0.5, 0.6) is 5.75 Å². The van der Waals surface area contributed by atoms with Gasteiger partial charge in [-0.2, -0.15) is 5.10 Å². The maximum atomic E-state index is 6.15. The second-order valence-electron chi connectivity index (χ2n) is 5.78. The molecule has 0 radical (unpaired) electrons. The topological polar surface area (TPSA) is 45.7 Å². The fourth-order valence-electron chi connectivity index (χ4n) is 2.30. The lowest BCUT2D eigenvalue weighted by Gasteiger charge is -2.08. The summed E-state index contributed by atoms with van der Waals surface area (Å²) in [5.41, 5.74) is 5.47. The number of rotatable bonds is 6. The Morgan fingerprint density at radius 2 is 1.75 bits per heavy atom. The van der Waals surface area contributed by atoms with Crippen LogP contribution >= 0.6 is 35.4 Å². The summed E-state index contributed by atoms with van der Waals surface area (Å²) >= 11 is 17.2. The van der Waals surface area contributed by atoms with Crippen molar-refractivity contribution in [2.75, 3.05) is 5.32 Å². The Kier molecular flexibility index (Phi) is 7.25. The summed E-state index contributed by atoms with van der Waals surface area (Å²) < 4.78 is 5.76. The number of hydrogen-bond acceptors (Lipinski definition) is 3. The van der Waals surface area contributed by atoms with Crippen LogP contribution in [-0.2, 0) is 6.61 Å². The van der Waals surface area contributed by atoms with Crippen molar-refractivity contribution in [2.24, 2.45) is 5.10 Å². The summed E-state index contributed by atoms with van der Waals surface area (Å²) in [6.45, 7) is 0.365. The molecule has 0 aliphatic heterocycles. The van der Waals surface area contributed by atoms with Gasteiger partial charge < -0.3 is 10.1 Å². The molecule has 3 rings (SSSR count). The highest BCUT2D eigenvalue weighted by Gasteiger charge is 2.02. The number of nitrogens with zero attached hydrogens (tertiary/aromatic N) is 1. The highest BCUT2D eigenvalue weighted by atomic mass is 35.5. The van der Waals surface area contributed by atoms with Gasteiger partial charge in [-0.05, 0) is 66.3 Å². The van der Waals surface area contributed by atoms with Gasteiger partial charge in [0.1, 0.15) is 12.4 Å². The number of halogens is 2. The van der Waals surface area contributed by atoms with Crippen molar-refractivity contribution in [2.45, 2.75) is 6.61 Å². The van der Waals surface area contributed by atoms with Gasteiger partial charge in [0.25, 0.3) is 0 Å². The molecular weight excluding hydrogens is 413 g/mol. The molecule has 4 nitrogen and oxygen atoms in total.